The van der Waals surface area contributed by atoms with Crippen LogP contribution in [0.4, 0.5) is 0 Å². The molecule has 0 bridgehead atoms. The number of imidazole rings is 1. The van der Waals surface area contributed by atoms with Crippen molar-refractivity contribution in [1.29, 1.82) is 0 Å². The lowest BCUT2D eigenvalue weighted by Gasteiger charge is -1.83. The summed E-state index contributed by atoms with van der Waals surface area (Å²) in [4.78, 5) is 41.0. The lowest BCUT2D eigenvalue weighted by molar-refractivity contribution is 1.07. The van der Waals surface area contributed by atoms with Crippen molar-refractivity contribution in [2.45, 2.75) is 13.8 Å². The molecule has 0 fully saturated rings. The van der Waals surface area contributed by atoms with E-state index in [0.29, 0.717) is 0 Å². The molecule has 2 aromatic heterocycles. The van der Waals surface area contributed by atoms with Gasteiger partial charge < -0.3 is 0 Å². The van der Waals surface area contributed by atoms with Gasteiger partial charge in [0.1, 0.15) is 11.2 Å². The summed E-state index contributed by atoms with van der Waals surface area (Å²) in [5.41, 5.74) is -1.65. The van der Waals surface area contributed by atoms with Gasteiger partial charge in [-0.25, -0.2) is 9.59 Å². The van der Waals surface area contributed by atoms with Crippen LogP contribution < -0.4 is 16.9 Å². The Hall–Kier alpha value is -2.05. The molecule has 4 N–H and O–H groups in total. The van der Waals surface area contributed by atoms with Crippen LogP contribution in [0.5, 0.6) is 0 Å². The van der Waals surface area contributed by atoms with E-state index in [-0.39, 0.29) is 11.2 Å². The molecule has 2 rings (SSSR count). The maximum absolute atomic E-state index is 10.9. The summed E-state index contributed by atoms with van der Waals surface area (Å²) < 4.78 is 0. The fourth-order valence-electron chi connectivity index (χ4n) is 0.958. The quantitative estimate of drug-likeness (QED) is 0.446. The van der Waals surface area contributed by atoms with E-state index in [9.17, 15) is 14.4 Å². The number of H-pyrrole nitrogens is 4. The van der Waals surface area contributed by atoms with Crippen LogP contribution in [0.3, 0.4) is 0 Å². The maximum atomic E-state index is 10.9. The second-order valence-corrected chi connectivity index (χ2v) is 2.24. The minimum Gasteiger partial charge on any atom is -0.300 e. The molecule has 0 unspecified atom stereocenters. The zero-order valence-electron chi connectivity index (χ0n) is 7.72. The topological polar surface area (TPSA) is 114 Å². The van der Waals surface area contributed by atoms with Crippen LogP contribution in [0.15, 0.2) is 14.4 Å². The van der Waals surface area contributed by atoms with Gasteiger partial charge in [0.2, 0.25) is 0 Å². The van der Waals surface area contributed by atoms with Crippen LogP contribution in [0.1, 0.15) is 13.8 Å². The zero-order valence-corrected chi connectivity index (χ0v) is 7.72. The van der Waals surface area contributed by atoms with E-state index < -0.39 is 16.9 Å². The third-order valence-corrected chi connectivity index (χ3v) is 1.42. The van der Waals surface area contributed by atoms with Crippen LogP contribution >= 0.6 is 0 Å². The van der Waals surface area contributed by atoms with E-state index in [4.69, 9.17) is 0 Å². The summed E-state index contributed by atoms with van der Waals surface area (Å²) in [6.07, 6.45) is 0. The van der Waals surface area contributed by atoms with Crippen LogP contribution in [0.2, 0.25) is 0 Å². The smallest absolute Gasteiger partial charge is 0.300 e. The average Bonchev–Trinajstić information content (AvgIpc) is 2.49. The van der Waals surface area contributed by atoms with Gasteiger partial charge in [0.25, 0.3) is 5.56 Å². The van der Waals surface area contributed by atoms with Gasteiger partial charge in [0.05, 0.1) is 0 Å². The first-order valence-electron chi connectivity index (χ1n) is 4.11. The first-order chi connectivity index (χ1) is 6.66. The zero-order chi connectivity index (χ0) is 10.7. The summed E-state index contributed by atoms with van der Waals surface area (Å²) >= 11 is 0. The van der Waals surface area contributed by atoms with Crippen molar-refractivity contribution in [2.75, 3.05) is 0 Å². The minimum atomic E-state index is -0.650. The highest BCUT2D eigenvalue weighted by Gasteiger charge is 2.02. The minimum absolute atomic E-state index is 0.0413. The van der Waals surface area contributed by atoms with Crippen LogP contribution in [-0.2, 0) is 0 Å². The predicted octanol–water partition coefficient (Wildman–Crippen LogP) is -0.741. The second kappa shape index (κ2) is 3.77. The van der Waals surface area contributed by atoms with Crippen molar-refractivity contribution in [3.8, 4) is 0 Å². The predicted molar refractivity (Wildman–Crippen MR) is 51.5 cm³/mol. The summed E-state index contributed by atoms with van der Waals surface area (Å²) in [7, 11) is 0. The monoisotopic (exact) mass is 198 g/mol. The van der Waals surface area contributed by atoms with Gasteiger partial charge in [-0.05, 0) is 0 Å². The van der Waals surface area contributed by atoms with E-state index in [1.54, 1.807) is 0 Å². The fourth-order valence-corrected chi connectivity index (χ4v) is 0.958. The highest BCUT2D eigenvalue weighted by Crippen LogP contribution is 1.88. The Balaban J connectivity index is 0.000000461. The van der Waals surface area contributed by atoms with E-state index in [1.807, 2.05) is 18.8 Å². The molecule has 0 saturated carbocycles. The van der Waals surface area contributed by atoms with Gasteiger partial charge in [-0.3, -0.25) is 24.7 Å². The van der Waals surface area contributed by atoms with E-state index >= 15 is 0 Å². The standard InChI is InChI=1S/C5H4N4O3.C2H6/c10-3-1-2(7-4(11)6-1)8-5(12)9-3;1-2/h(H4,6,7,8,9,10,11,12);1-2H3. The van der Waals surface area contributed by atoms with E-state index in [1.165, 1.54) is 0 Å². The number of aromatic nitrogens is 4. The summed E-state index contributed by atoms with van der Waals surface area (Å²) in [5.74, 6) is 0. The van der Waals surface area contributed by atoms with Crippen molar-refractivity contribution in [2.24, 2.45) is 0 Å². The van der Waals surface area contributed by atoms with Crippen molar-refractivity contribution >= 4 is 11.2 Å². The molecule has 2 aromatic rings. The molecule has 0 spiro atoms. The Kier molecular flexibility index (Phi) is 2.70. The van der Waals surface area contributed by atoms with Crippen LogP contribution in [-0.4, -0.2) is 19.9 Å². The first-order valence-corrected chi connectivity index (χ1v) is 4.11. The fraction of sp³-hybridized carbons (Fsp3) is 0.286. The van der Waals surface area contributed by atoms with Gasteiger partial charge in [-0.2, -0.15) is 0 Å². The Morgan fingerprint density at radius 3 is 1.86 bits per heavy atom. The third-order valence-electron chi connectivity index (χ3n) is 1.42. The Bertz CT molecular complexity index is 585. The van der Waals surface area contributed by atoms with Gasteiger partial charge >= 0.3 is 11.4 Å². The average molecular weight is 198 g/mol. The first kappa shape index (κ1) is 10.0. The Morgan fingerprint density at radius 2 is 1.29 bits per heavy atom. The molecule has 0 saturated heterocycles. The molecular weight excluding hydrogens is 188 g/mol. The summed E-state index contributed by atoms with van der Waals surface area (Å²) in [6.45, 7) is 4.00. The SMILES string of the molecule is CC.O=c1[nH]c(=O)c2[nH]c(=O)[nH]c2[nH]1. The molecular formula is C7H10N4O3. The molecule has 0 aliphatic rings. The van der Waals surface area contributed by atoms with Gasteiger partial charge in [0.15, 0.2) is 0 Å². The Morgan fingerprint density at radius 1 is 0.786 bits per heavy atom. The summed E-state index contributed by atoms with van der Waals surface area (Å²) in [6, 6.07) is 0. The lowest BCUT2D eigenvalue weighted by atomic mass is 10.5. The second-order valence-electron chi connectivity index (χ2n) is 2.24. The van der Waals surface area contributed by atoms with E-state index in [2.05, 4.69) is 15.0 Å². The lowest BCUT2D eigenvalue weighted by Crippen LogP contribution is -2.21. The number of aromatic amines is 4. The van der Waals surface area contributed by atoms with Crippen molar-refractivity contribution < 1.29 is 0 Å². The highest BCUT2D eigenvalue weighted by molar-refractivity contribution is 5.67. The van der Waals surface area contributed by atoms with E-state index in [0.717, 1.165) is 0 Å². The largest absolute Gasteiger partial charge is 0.327 e. The van der Waals surface area contributed by atoms with Crippen LogP contribution in [0, 0.1) is 0 Å². The molecule has 0 amide bonds. The number of rotatable bonds is 0. The molecule has 14 heavy (non-hydrogen) atoms. The number of fused-ring (bicyclic) bond motifs is 1. The molecule has 2 heterocycles. The summed E-state index contributed by atoms with van der Waals surface area (Å²) in [5, 5.41) is 0. The van der Waals surface area contributed by atoms with Gasteiger partial charge in [-0.1, -0.05) is 13.8 Å². The molecule has 0 aliphatic carbocycles. The Labute approximate surface area is 77.2 Å². The molecule has 0 aromatic carbocycles. The normalized spacial score (nSPS) is 9.57. The maximum Gasteiger partial charge on any atom is 0.327 e. The van der Waals surface area contributed by atoms with Crippen molar-refractivity contribution in [3.05, 3.63) is 31.3 Å². The van der Waals surface area contributed by atoms with Crippen molar-refractivity contribution in [3.63, 3.8) is 0 Å². The van der Waals surface area contributed by atoms with Crippen molar-refractivity contribution in [1.82, 2.24) is 19.9 Å². The molecule has 76 valence electrons. The third kappa shape index (κ3) is 1.65. The molecule has 0 aliphatic heterocycles. The molecule has 7 nitrogen and oxygen atoms in total. The molecule has 7 heteroatoms. The number of hydrogen-bond acceptors (Lipinski definition) is 3. The number of hydrogen-bond donors (Lipinski definition) is 4. The molecule has 0 atom stereocenters. The highest BCUT2D eigenvalue weighted by atomic mass is 16.2. The molecule has 0 radical (unpaired) electrons. The van der Waals surface area contributed by atoms with Crippen LogP contribution in [0.25, 0.3) is 11.2 Å². The van der Waals surface area contributed by atoms with Gasteiger partial charge in [0, 0.05) is 0 Å². The number of nitrogens with one attached hydrogen (secondary N) is 4. The van der Waals surface area contributed by atoms with Gasteiger partial charge in [-0.15, -0.1) is 0 Å².